The van der Waals surface area contributed by atoms with Crippen LogP contribution in [-0.4, -0.2) is 5.11 Å². The van der Waals surface area contributed by atoms with Gasteiger partial charge in [0, 0.05) is 11.8 Å². The minimum Gasteiger partial charge on any atom is -0.485 e. The third-order valence-electron chi connectivity index (χ3n) is 2.49. The molecule has 2 rings (SSSR count). The number of benzene rings is 2. The second kappa shape index (κ2) is 6.67. The normalized spacial score (nSPS) is 10.1. The molecule has 0 aromatic heterocycles. The third kappa shape index (κ3) is 3.91. The fraction of sp³-hybridized carbons (Fsp3) is 0.0714. The van der Waals surface area contributed by atoms with Crippen LogP contribution >= 0.6 is 28.1 Å². The van der Waals surface area contributed by atoms with E-state index >= 15 is 0 Å². The number of hydrogen-bond donors (Lipinski definition) is 2. The summed E-state index contributed by atoms with van der Waals surface area (Å²) >= 11 is 7.98. The van der Waals surface area contributed by atoms with Crippen molar-refractivity contribution in [3.05, 3.63) is 58.3 Å². The van der Waals surface area contributed by atoms with Crippen molar-refractivity contribution >= 4 is 38.9 Å². The molecule has 0 aliphatic heterocycles. The minimum absolute atomic E-state index is 0.0780. The zero-order valence-corrected chi connectivity index (χ0v) is 12.8. The standard InChI is InChI=1S/C14H12BrFN2OS/c15-11-6-10(18-14(17)20)7-12(16)13(11)19-8-9-4-2-1-3-5-9/h1-7H,8H2,(H3,17,18,20). The van der Waals surface area contributed by atoms with Crippen LogP contribution in [0.4, 0.5) is 10.1 Å². The summed E-state index contributed by atoms with van der Waals surface area (Å²) in [4.78, 5) is 0. The highest BCUT2D eigenvalue weighted by Crippen LogP contribution is 2.32. The maximum Gasteiger partial charge on any atom is 0.169 e. The number of ether oxygens (including phenoxy) is 1. The van der Waals surface area contributed by atoms with E-state index in [1.807, 2.05) is 30.3 Å². The Morgan fingerprint density at radius 3 is 2.60 bits per heavy atom. The summed E-state index contributed by atoms with van der Waals surface area (Å²) in [5, 5.41) is 2.75. The summed E-state index contributed by atoms with van der Waals surface area (Å²) in [5.74, 6) is -0.337. The molecule has 0 saturated heterocycles. The highest BCUT2D eigenvalue weighted by molar-refractivity contribution is 9.10. The zero-order valence-electron chi connectivity index (χ0n) is 10.4. The Morgan fingerprint density at radius 1 is 1.30 bits per heavy atom. The maximum atomic E-state index is 14.0. The molecule has 0 unspecified atom stereocenters. The molecule has 2 aromatic carbocycles. The molecule has 3 N–H and O–H groups in total. The van der Waals surface area contributed by atoms with Gasteiger partial charge < -0.3 is 15.8 Å². The highest BCUT2D eigenvalue weighted by atomic mass is 79.9. The molecule has 0 radical (unpaired) electrons. The molecule has 0 aliphatic rings. The van der Waals surface area contributed by atoms with Gasteiger partial charge in [0.25, 0.3) is 0 Å². The number of nitrogens with one attached hydrogen (secondary N) is 1. The van der Waals surface area contributed by atoms with E-state index in [2.05, 4.69) is 21.2 Å². The number of halogens is 2. The molecule has 0 saturated carbocycles. The van der Waals surface area contributed by atoms with Crippen molar-refractivity contribution in [1.82, 2.24) is 0 Å². The molecule has 20 heavy (non-hydrogen) atoms. The lowest BCUT2D eigenvalue weighted by Crippen LogP contribution is -2.19. The van der Waals surface area contributed by atoms with Gasteiger partial charge in [-0.3, -0.25) is 0 Å². The molecule has 0 spiro atoms. The van der Waals surface area contributed by atoms with Crippen LogP contribution in [0, 0.1) is 5.82 Å². The van der Waals surface area contributed by atoms with Crippen LogP contribution in [0.15, 0.2) is 46.9 Å². The van der Waals surface area contributed by atoms with Crippen LogP contribution in [-0.2, 0) is 6.61 Å². The Kier molecular flexibility index (Phi) is 4.92. The highest BCUT2D eigenvalue weighted by Gasteiger charge is 2.11. The van der Waals surface area contributed by atoms with Crippen molar-refractivity contribution in [2.24, 2.45) is 5.73 Å². The number of thiocarbonyl (C=S) groups is 1. The van der Waals surface area contributed by atoms with E-state index in [9.17, 15) is 4.39 Å². The third-order valence-corrected chi connectivity index (χ3v) is 3.18. The quantitative estimate of drug-likeness (QED) is 0.819. The summed E-state index contributed by atoms with van der Waals surface area (Å²) in [6, 6.07) is 12.5. The number of anilines is 1. The zero-order chi connectivity index (χ0) is 14.5. The Hall–Kier alpha value is -1.66. The minimum atomic E-state index is -0.492. The number of nitrogens with two attached hydrogens (primary N) is 1. The van der Waals surface area contributed by atoms with Crippen LogP contribution in [0.5, 0.6) is 5.75 Å². The van der Waals surface area contributed by atoms with Gasteiger partial charge in [-0.25, -0.2) is 4.39 Å². The molecule has 0 atom stereocenters. The molecule has 0 aliphatic carbocycles. The first-order chi connectivity index (χ1) is 9.56. The van der Waals surface area contributed by atoms with Crippen LogP contribution in [0.2, 0.25) is 0 Å². The van der Waals surface area contributed by atoms with Gasteiger partial charge in [-0.2, -0.15) is 0 Å². The van der Waals surface area contributed by atoms with Crippen molar-refractivity contribution in [3.8, 4) is 5.75 Å². The Balaban J connectivity index is 2.14. The maximum absolute atomic E-state index is 14.0. The lowest BCUT2D eigenvalue weighted by Gasteiger charge is -2.12. The smallest absolute Gasteiger partial charge is 0.169 e. The average Bonchev–Trinajstić information content (AvgIpc) is 2.38. The van der Waals surface area contributed by atoms with Crippen molar-refractivity contribution < 1.29 is 9.13 Å². The monoisotopic (exact) mass is 354 g/mol. The molecule has 0 bridgehead atoms. The first-order valence-corrected chi connectivity index (χ1v) is 6.98. The second-order valence-electron chi connectivity index (χ2n) is 4.03. The number of rotatable bonds is 4. The van der Waals surface area contributed by atoms with Gasteiger partial charge in [-0.15, -0.1) is 0 Å². The summed E-state index contributed by atoms with van der Waals surface area (Å²) in [6.45, 7) is 0.290. The summed E-state index contributed by atoms with van der Waals surface area (Å²) in [5.41, 5.74) is 6.78. The molecule has 6 heteroatoms. The van der Waals surface area contributed by atoms with Crippen molar-refractivity contribution in [2.75, 3.05) is 5.32 Å². The number of hydrogen-bond acceptors (Lipinski definition) is 2. The van der Waals surface area contributed by atoms with Crippen LogP contribution in [0.3, 0.4) is 0 Å². The van der Waals surface area contributed by atoms with E-state index in [4.69, 9.17) is 22.7 Å². The van der Waals surface area contributed by atoms with Crippen molar-refractivity contribution in [2.45, 2.75) is 6.61 Å². The molecular formula is C14H12BrFN2OS. The van der Waals surface area contributed by atoms with Gasteiger partial charge in [-0.1, -0.05) is 30.3 Å². The Labute approximate surface area is 130 Å². The van der Waals surface area contributed by atoms with E-state index < -0.39 is 5.82 Å². The molecule has 104 valence electrons. The molecule has 0 fully saturated rings. The second-order valence-corrected chi connectivity index (χ2v) is 5.33. The average molecular weight is 355 g/mol. The Morgan fingerprint density at radius 2 is 2.00 bits per heavy atom. The van der Waals surface area contributed by atoms with Gasteiger partial charge in [0.1, 0.15) is 6.61 Å². The van der Waals surface area contributed by atoms with E-state index in [0.29, 0.717) is 16.8 Å². The van der Waals surface area contributed by atoms with Crippen LogP contribution < -0.4 is 15.8 Å². The van der Waals surface area contributed by atoms with E-state index in [0.717, 1.165) is 5.56 Å². The summed E-state index contributed by atoms with van der Waals surface area (Å²) in [6.07, 6.45) is 0. The fourth-order valence-corrected chi connectivity index (χ4v) is 2.31. The molecule has 0 amide bonds. The van der Waals surface area contributed by atoms with Gasteiger partial charge in [0.2, 0.25) is 0 Å². The van der Waals surface area contributed by atoms with Gasteiger partial charge in [-0.05, 0) is 39.8 Å². The lowest BCUT2D eigenvalue weighted by molar-refractivity contribution is 0.288. The SMILES string of the molecule is NC(=S)Nc1cc(F)c(OCc2ccccc2)c(Br)c1. The summed E-state index contributed by atoms with van der Waals surface area (Å²) < 4.78 is 20.0. The van der Waals surface area contributed by atoms with Gasteiger partial charge >= 0.3 is 0 Å². The topological polar surface area (TPSA) is 47.3 Å². The first-order valence-electron chi connectivity index (χ1n) is 5.78. The Bertz CT molecular complexity index is 599. The first kappa shape index (κ1) is 14.7. The van der Waals surface area contributed by atoms with Crippen LogP contribution in [0.25, 0.3) is 0 Å². The van der Waals surface area contributed by atoms with Crippen LogP contribution in [0.1, 0.15) is 5.56 Å². The largest absolute Gasteiger partial charge is 0.485 e. The van der Waals surface area contributed by atoms with E-state index in [1.165, 1.54) is 6.07 Å². The van der Waals surface area contributed by atoms with Gasteiger partial charge in [0.05, 0.1) is 4.47 Å². The van der Waals surface area contributed by atoms with E-state index in [-0.39, 0.29) is 10.9 Å². The molecular weight excluding hydrogens is 343 g/mol. The predicted molar refractivity (Wildman–Crippen MR) is 85.3 cm³/mol. The molecule has 3 nitrogen and oxygen atoms in total. The van der Waals surface area contributed by atoms with Crippen molar-refractivity contribution in [3.63, 3.8) is 0 Å². The van der Waals surface area contributed by atoms with Crippen molar-refractivity contribution in [1.29, 1.82) is 0 Å². The van der Waals surface area contributed by atoms with Gasteiger partial charge in [0.15, 0.2) is 16.7 Å². The predicted octanol–water partition coefficient (Wildman–Crippen LogP) is 3.82. The fourth-order valence-electron chi connectivity index (χ4n) is 1.64. The lowest BCUT2D eigenvalue weighted by atomic mass is 10.2. The summed E-state index contributed by atoms with van der Waals surface area (Å²) in [7, 11) is 0. The molecule has 2 aromatic rings. The van der Waals surface area contributed by atoms with E-state index in [1.54, 1.807) is 6.07 Å². The molecule has 0 heterocycles.